The van der Waals surface area contributed by atoms with Gasteiger partial charge in [0.25, 0.3) is 5.91 Å². The predicted octanol–water partition coefficient (Wildman–Crippen LogP) is 1.19. The summed E-state index contributed by atoms with van der Waals surface area (Å²) in [5, 5.41) is 10.5. The number of amides is 1. The van der Waals surface area contributed by atoms with Gasteiger partial charge in [-0.25, -0.2) is 0 Å². The highest BCUT2D eigenvalue weighted by Crippen LogP contribution is 2.35. The van der Waals surface area contributed by atoms with Crippen LogP contribution in [0, 0.1) is 0 Å². The maximum absolute atomic E-state index is 12.0. The number of aliphatic hydroxyl groups excluding tert-OH is 1. The van der Waals surface area contributed by atoms with Crippen molar-refractivity contribution in [3.05, 3.63) is 23.8 Å². The molecule has 1 fully saturated rings. The number of anilines is 1. The molecule has 1 amide bonds. The molecule has 2 heterocycles. The van der Waals surface area contributed by atoms with Gasteiger partial charge in [-0.2, -0.15) is 0 Å². The van der Waals surface area contributed by atoms with Crippen molar-refractivity contribution < 1.29 is 19.4 Å². The van der Waals surface area contributed by atoms with E-state index in [1.54, 1.807) is 18.9 Å². The Labute approximate surface area is 136 Å². The third-order valence-corrected chi connectivity index (χ3v) is 4.53. The second kappa shape index (κ2) is 6.86. The van der Waals surface area contributed by atoms with Crippen LogP contribution in [-0.2, 0) is 9.53 Å². The molecule has 2 aliphatic heterocycles. The zero-order chi connectivity index (χ0) is 16.4. The summed E-state index contributed by atoms with van der Waals surface area (Å²) in [5.74, 6) is 0.612. The van der Waals surface area contributed by atoms with E-state index in [-0.39, 0.29) is 5.91 Å². The predicted molar refractivity (Wildman–Crippen MR) is 86.8 cm³/mol. The fourth-order valence-electron chi connectivity index (χ4n) is 3.03. The lowest BCUT2D eigenvalue weighted by molar-refractivity contribution is -0.125. The van der Waals surface area contributed by atoms with Crippen LogP contribution in [0.15, 0.2) is 18.2 Å². The first-order chi connectivity index (χ1) is 11.1. The van der Waals surface area contributed by atoms with E-state index in [2.05, 4.69) is 4.90 Å². The van der Waals surface area contributed by atoms with Gasteiger partial charge in [-0.3, -0.25) is 9.69 Å². The topological polar surface area (TPSA) is 62.2 Å². The first-order valence-electron chi connectivity index (χ1n) is 8.12. The molecule has 6 nitrogen and oxygen atoms in total. The second-order valence-corrected chi connectivity index (χ2v) is 6.14. The van der Waals surface area contributed by atoms with Crippen LogP contribution >= 0.6 is 0 Å². The minimum Gasteiger partial charge on any atom is -0.479 e. The molecule has 0 radical (unpaired) electrons. The number of likely N-dealkylation sites (N-methyl/N-ethyl adjacent to an activating group) is 1. The zero-order valence-corrected chi connectivity index (χ0v) is 13.7. The van der Waals surface area contributed by atoms with Gasteiger partial charge in [0.05, 0.1) is 25.0 Å². The highest BCUT2D eigenvalue weighted by atomic mass is 16.5. The SMILES string of the molecule is CC1Oc2ccc(C(O)CCN3CCOCC3)cc2N(C)C1=O. The van der Waals surface area contributed by atoms with E-state index >= 15 is 0 Å². The lowest BCUT2D eigenvalue weighted by Crippen LogP contribution is -2.42. The van der Waals surface area contributed by atoms with Crippen molar-refractivity contribution in [2.24, 2.45) is 0 Å². The average molecular weight is 320 g/mol. The molecule has 2 aliphatic rings. The Morgan fingerprint density at radius 1 is 1.35 bits per heavy atom. The van der Waals surface area contributed by atoms with E-state index < -0.39 is 12.2 Å². The van der Waals surface area contributed by atoms with E-state index in [9.17, 15) is 9.90 Å². The molecule has 23 heavy (non-hydrogen) atoms. The van der Waals surface area contributed by atoms with Crippen molar-refractivity contribution in [2.75, 3.05) is 44.8 Å². The van der Waals surface area contributed by atoms with Crippen molar-refractivity contribution in [2.45, 2.75) is 25.6 Å². The molecule has 2 atom stereocenters. The van der Waals surface area contributed by atoms with Crippen molar-refractivity contribution in [1.29, 1.82) is 0 Å². The molecule has 1 aromatic carbocycles. The molecule has 0 spiro atoms. The number of nitrogens with zero attached hydrogens (tertiary/aromatic N) is 2. The summed E-state index contributed by atoms with van der Waals surface area (Å²) in [6.07, 6.45) is -0.358. The lowest BCUT2D eigenvalue weighted by atomic mass is 10.0. The zero-order valence-electron chi connectivity index (χ0n) is 13.7. The summed E-state index contributed by atoms with van der Waals surface area (Å²) >= 11 is 0. The van der Waals surface area contributed by atoms with Crippen LogP contribution in [0.4, 0.5) is 5.69 Å². The quantitative estimate of drug-likeness (QED) is 0.903. The molecule has 0 bridgehead atoms. The Morgan fingerprint density at radius 3 is 2.83 bits per heavy atom. The van der Waals surface area contributed by atoms with Gasteiger partial charge in [-0.15, -0.1) is 0 Å². The Morgan fingerprint density at radius 2 is 2.09 bits per heavy atom. The number of fused-ring (bicyclic) bond motifs is 1. The molecule has 0 saturated carbocycles. The minimum atomic E-state index is -0.550. The van der Waals surface area contributed by atoms with E-state index in [1.165, 1.54) is 0 Å². The Hall–Kier alpha value is -1.63. The summed E-state index contributed by atoms with van der Waals surface area (Å²) in [5.41, 5.74) is 1.53. The summed E-state index contributed by atoms with van der Waals surface area (Å²) in [7, 11) is 1.74. The molecule has 1 N–H and O–H groups in total. The summed E-state index contributed by atoms with van der Waals surface area (Å²) in [4.78, 5) is 15.9. The molecule has 1 aromatic rings. The Bertz CT molecular complexity index is 572. The summed E-state index contributed by atoms with van der Waals surface area (Å²) < 4.78 is 10.9. The highest BCUT2D eigenvalue weighted by molar-refractivity contribution is 5.99. The fraction of sp³-hybridized carbons (Fsp3) is 0.588. The fourth-order valence-corrected chi connectivity index (χ4v) is 3.03. The number of hydrogen-bond acceptors (Lipinski definition) is 5. The summed E-state index contributed by atoms with van der Waals surface area (Å²) in [6, 6.07) is 5.56. The molecule has 6 heteroatoms. The molecule has 126 valence electrons. The number of benzene rings is 1. The molecule has 0 aromatic heterocycles. The first kappa shape index (κ1) is 16.2. The third-order valence-electron chi connectivity index (χ3n) is 4.53. The van der Waals surface area contributed by atoms with Crippen LogP contribution in [0.25, 0.3) is 0 Å². The van der Waals surface area contributed by atoms with Crippen LogP contribution in [0.1, 0.15) is 25.0 Å². The van der Waals surface area contributed by atoms with Gasteiger partial charge in [-0.1, -0.05) is 6.07 Å². The van der Waals surface area contributed by atoms with Crippen molar-refractivity contribution in [3.8, 4) is 5.75 Å². The van der Waals surface area contributed by atoms with Gasteiger partial charge in [0.2, 0.25) is 0 Å². The molecular weight excluding hydrogens is 296 g/mol. The molecular formula is C17H24N2O4. The van der Waals surface area contributed by atoms with Gasteiger partial charge in [0, 0.05) is 26.7 Å². The maximum Gasteiger partial charge on any atom is 0.267 e. The summed E-state index contributed by atoms with van der Waals surface area (Å²) in [6.45, 7) is 5.94. The number of ether oxygens (including phenoxy) is 2. The normalized spacial score (nSPS) is 23.3. The van der Waals surface area contributed by atoms with Crippen molar-refractivity contribution >= 4 is 11.6 Å². The van der Waals surface area contributed by atoms with Gasteiger partial charge in [-0.05, 0) is 31.0 Å². The maximum atomic E-state index is 12.0. The van der Waals surface area contributed by atoms with E-state index in [0.29, 0.717) is 12.2 Å². The molecule has 3 rings (SSSR count). The van der Waals surface area contributed by atoms with Crippen LogP contribution in [0.3, 0.4) is 0 Å². The number of rotatable bonds is 4. The van der Waals surface area contributed by atoms with Crippen molar-refractivity contribution in [3.63, 3.8) is 0 Å². The number of hydrogen-bond donors (Lipinski definition) is 1. The van der Waals surface area contributed by atoms with E-state index in [4.69, 9.17) is 9.47 Å². The monoisotopic (exact) mass is 320 g/mol. The molecule has 1 saturated heterocycles. The van der Waals surface area contributed by atoms with Crippen LogP contribution in [0.2, 0.25) is 0 Å². The number of aliphatic hydroxyl groups is 1. The molecule has 0 aliphatic carbocycles. The number of carbonyl (C=O) groups excluding carboxylic acids is 1. The van der Waals surface area contributed by atoms with Gasteiger partial charge < -0.3 is 19.5 Å². The number of morpholine rings is 1. The smallest absolute Gasteiger partial charge is 0.267 e. The van der Waals surface area contributed by atoms with Crippen LogP contribution < -0.4 is 9.64 Å². The second-order valence-electron chi connectivity index (χ2n) is 6.14. The Kier molecular flexibility index (Phi) is 4.84. The third kappa shape index (κ3) is 3.49. The van der Waals surface area contributed by atoms with Crippen LogP contribution in [-0.4, -0.2) is 61.9 Å². The standard InChI is InChI=1S/C17H24N2O4/c1-12-17(21)18(2)14-11-13(3-4-16(14)23-12)15(20)5-6-19-7-9-22-10-8-19/h3-4,11-12,15,20H,5-10H2,1-2H3. The lowest BCUT2D eigenvalue weighted by Gasteiger charge is -2.31. The van der Waals surface area contributed by atoms with Gasteiger partial charge in [0.15, 0.2) is 6.10 Å². The van der Waals surface area contributed by atoms with E-state index in [0.717, 1.165) is 44.1 Å². The average Bonchev–Trinajstić information content (AvgIpc) is 2.58. The van der Waals surface area contributed by atoms with Gasteiger partial charge in [0.1, 0.15) is 5.75 Å². The van der Waals surface area contributed by atoms with Crippen molar-refractivity contribution in [1.82, 2.24) is 4.90 Å². The van der Waals surface area contributed by atoms with E-state index in [1.807, 2.05) is 18.2 Å². The largest absolute Gasteiger partial charge is 0.479 e. The van der Waals surface area contributed by atoms with Gasteiger partial charge >= 0.3 is 0 Å². The van der Waals surface area contributed by atoms with Crippen LogP contribution in [0.5, 0.6) is 5.75 Å². The number of carbonyl (C=O) groups is 1. The first-order valence-corrected chi connectivity index (χ1v) is 8.12. The highest BCUT2D eigenvalue weighted by Gasteiger charge is 2.29. The molecule has 2 unspecified atom stereocenters. The minimum absolute atomic E-state index is 0.0718. The Balaban J connectivity index is 1.67.